The molecule has 2 heterocycles. The fourth-order valence-corrected chi connectivity index (χ4v) is 2.75. The van der Waals surface area contributed by atoms with Crippen molar-refractivity contribution >= 4 is 11.3 Å². The molecule has 1 aromatic heterocycles. The lowest BCUT2D eigenvalue weighted by atomic mass is 10.0. The predicted molar refractivity (Wildman–Crippen MR) is 67.0 cm³/mol. The molecule has 0 unspecified atom stereocenters. The molecule has 4 heteroatoms. The number of aromatic nitrogens is 1. The highest BCUT2D eigenvalue weighted by Crippen LogP contribution is 2.13. The van der Waals surface area contributed by atoms with E-state index in [2.05, 4.69) is 22.6 Å². The van der Waals surface area contributed by atoms with Crippen LogP contribution in [0.25, 0.3) is 0 Å². The summed E-state index contributed by atoms with van der Waals surface area (Å²) < 4.78 is 5.34. The Kier molecular flexibility index (Phi) is 4.75. The van der Waals surface area contributed by atoms with Crippen LogP contribution >= 0.6 is 11.3 Å². The van der Waals surface area contributed by atoms with Crippen LogP contribution < -0.4 is 5.32 Å². The predicted octanol–water partition coefficient (Wildman–Crippen LogP) is 2.01. The highest BCUT2D eigenvalue weighted by atomic mass is 32.1. The lowest BCUT2D eigenvalue weighted by Gasteiger charge is -2.22. The van der Waals surface area contributed by atoms with Gasteiger partial charge in [0.2, 0.25) is 0 Å². The first-order valence-corrected chi connectivity index (χ1v) is 6.92. The third kappa shape index (κ3) is 3.85. The van der Waals surface area contributed by atoms with E-state index in [0.717, 1.165) is 44.3 Å². The summed E-state index contributed by atoms with van der Waals surface area (Å²) in [7, 11) is 0. The first-order valence-electron chi connectivity index (χ1n) is 6.04. The minimum Gasteiger partial charge on any atom is -0.381 e. The van der Waals surface area contributed by atoms with Crippen molar-refractivity contribution < 1.29 is 4.74 Å². The second-order valence-electron chi connectivity index (χ2n) is 4.39. The van der Waals surface area contributed by atoms with Gasteiger partial charge in [0.05, 0.1) is 5.01 Å². The molecule has 0 amide bonds. The summed E-state index contributed by atoms with van der Waals surface area (Å²) >= 11 is 1.76. The van der Waals surface area contributed by atoms with Crippen molar-refractivity contribution in [2.24, 2.45) is 5.92 Å². The Hall–Kier alpha value is -0.450. The molecule has 16 heavy (non-hydrogen) atoms. The summed E-state index contributed by atoms with van der Waals surface area (Å²) in [6.45, 7) is 6.11. The van der Waals surface area contributed by atoms with Crippen LogP contribution in [0.2, 0.25) is 0 Å². The Bertz CT molecular complexity index is 308. The Morgan fingerprint density at radius 2 is 2.31 bits per heavy atom. The maximum absolute atomic E-state index is 5.34. The number of ether oxygens (including phenoxy) is 1. The molecule has 0 aromatic carbocycles. The third-order valence-corrected chi connectivity index (χ3v) is 3.98. The fourth-order valence-electron chi connectivity index (χ4n) is 1.97. The first-order chi connectivity index (χ1) is 7.84. The maximum atomic E-state index is 5.34. The molecule has 1 aliphatic rings. The quantitative estimate of drug-likeness (QED) is 0.799. The van der Waals surface area contributed by atoms with Crippen LogP contribution in [0.5, 0.6) is 0 Å². The van der Waals surface area contributed by atoms with Gasteiger partial charge in [-0.3, -0.25) is 0 Å². The van der Waals surface area contributed by atoms with Gasteiger partial charge in [0.15, 0.2) is 0 Å². The van der Waals surface area contributed by atoms with E-state index in [9.17, 15) is 0 Å². The van der Waals surface area contributed by atoms with Gasteiger partial charge in [-0.05, 0) is 32.2 Å². The van der Waals surface area contributed by atoms with Gasteiger partial charge in [-0.2, -0.15) is 0 Å². The average Bonchev–Trinajstić information content (AvgIpc) is 2.72. The van der Waals surface area contributed by atoms with Gasteiger partial charge < -0.3 is 10.1 Å². The zero-order valence-corrected chi connectivity index (χ0v) is 10.7. The normalized spacial score (nSPS) is 17.8. The standard InChI is InChI=1S/C12H20N2OS/c1-10-9-16-12(14-10)2-5-13-8-11-3-6-15-7-4-11/h9,11,13H,2-8H2,1H3. The van der Waals surface area contributed by atoms with Gasteiger partial charge in [0.25, 0.3) is 0 Å². The molecule has 0 aliphatic carbocycles. The van der Waals surface area contributed by atoms with Crippen molar-refractivity contribution in [1.82, 2.24) is 10.3 Å². The molecule has 90 valence electrons. The minimum absolute atomic E-state index is 0.812. The maximum Gasteiger partial charge on any atom is 0.0940 e. The van der Waals surface area contributed by atoms with E-state index in [1.54, 1.807) is 11.3 Å². The average molecular weight is 240 g/mol. The van der Waals surface area contributed by atoms with E-state index in [4.69, 9.17) is 4.74 Å². The van der Waals surface area contributed by atoms with Crippen molar-refractivity contribution in [2.45, 2.75) is 26.2 Å². The molecule has 1 aromatic rings. The largest absolute Gasteiger partial charge is 0.381 e. The molecular weight excluding hydrogens is 220 g/mol. The fraction of sp³-hybridized carbons (Fsp3) is 0.750. The minimum atomic E-state index is 0.812. The van der Waals surface area contributed by atoms with Crippen LogP contribution in [0.4, 0.5) is 0 Å². The van der Waals surface area contributed by atoms with Gasteiger partial charge in [-0.15, -0.1) is 11.3 Å². The molecule has 0 radical (unpaired) electrons. The number of nitrogens with zero attached hydrogens (tertiary/aromatic N) is 1. The number of nitrogens with one attached hydrogen (secondary N) is 1. The van der Waals surface area contributed by atoms with Gasteiger partial charge in [-0.1, -0.05) is 0 Å². The van der Waals surface area contributed by atoms with E-state index in [-0.39, 0.29) is 0 Å². The van der Waals surface area contributed by atoms with Crippen LogP contribution in [0, 0.1) is 12.8 Å². The zero-order chi connectivity index (χ0) is 11.2. The zero-order valence-electron chi connectivity index (χ0n) is 9.87. The smallest absolute Gasteiger partial charge is 0.0940 e. The summed E-state index contributed by atoms with van der Waals surface area (Å²) in [6, 6.07) is 0. The van der Waals surface area contributed by atoms with Crippen molar-refractivity contribution in [1.29, 1.82) is 0 Å². The molecular formula is C12H20N2OS. The van der Waals surface area contributed by atoms with Gasteiger partial charge in [0, 0.05) is 37.3 Å². The van der Waals surface area contributed by atoms with Crippen LogP contribution in [-0.2, 0) is 11.2 Å². The first kappa shape index (κ1) is 12.0. The summed E-state index contributed by atoms with van der Waals surface area (Å²) in [4.78, 5) is 4.45. The topological polar surface area (TPSA) is 34.1 Å². The van der Waals surface area contributed by atoms with E-state index in [0.29, 0.717) is 0 Å². The van der Waals surface area contributed by atoms with Crippen molar-refractivity contribution in [2.75, 3.05) is 26.3 Å². The van der Waals surface area contributed by atoms with Crippen LogP contribution in [0.15, 0.2) is 5.38 Å². The monoisotopic (exact) mass is 240 g/mol. The summed E-state index contributed by atoms with van der Waals surface area (Å²) in [5, 5.41) is 6.89. The molecule has 1 fully saturated rings. The highest BCUT2D eigenvalue weighted by molar-refractivity contribution is 7.09. The number of thiazole rings is 1. The SMILES string of the molecule is Cc1csc(CCNCC2CCOCC2)n1. The highest BCUT2D eigenvalue weighted by Gasteiger charge is 2.12. The second kappa shape index (κ2) is 6.33. The second-order valence-corrected chi connectivity index (χ2v) is 5.34. The molecule has 1 N–H and O–H groups in total. The van der Waals surface area contributed by atoms with Crippen molar-refractivity contribution in [3.8, 4) is 0 Å². The summed E-state index contributed by atoms with van der Waals surface area (Å²) in [5.41, 5.74) is 1.14. The van der Waals surface area contributed by atoms with Gasteiger partial charge in [-0.25, -0.2) is 4.98 Å². The van der Waals surface area contributed by atoms with Crippen molar-refractivity contribution in [3.63, 3.8) is 0 Å². The van der Waals surface area contributed by atoms with Crippen LogP contribution in [0.1, 0.15) is 23.5 Å². The lowest BCUT2D eigenvalue weighted by molar-refractivity contribution is 0.0664. The van der Waals surface area contributed by atoms with E-state index >= 15 is 0 Å². The summed E-state index contributed by atoms with van der Waals surface area (Å²) in [6.07, 6.45) is 3.48. The molecule has 1 aliphatic heterocycles. The molecule has 0 spiro atoms. The molecule has 0 bridgehead atoms. The van der Waals surface area contributed by atoms with Gasteiger partial charge in [0.1, 0.15) is 0 Å². The van der Waals surface area contributed by atoms with E-state index in [1.807, 2.05) is 0 Å². The van der Waals surface area contributed by atoms with E-state index in [1.165, 1.54) is 17.8 Å². The number of aryl methyl sites for hydroxylation is 1. The Balaban J connectivity index is 1.57. The number of rotatable bonds is 5. The Morgan fingerprint density at radius 3 is 3.00 bits per heavy atom. The molecule has 1 saturated heterocycles. The van der Waals surface area contributed by atoms with Gasteiger partial charge >= 0.3 is 0 Å². The molecule has 0 saturated carbocycles. The Morgan fingerprint density at radius 1 is 1.50 bits per heavy atom. The molecule has 2 rings (SSSR count). The van der Waals surface area contributed by atoms with Crippen molar-refractivity contribution in [3.05, 3.63) is 16.1 Å². The van der Waals surface area contributed by atoms with E-state index < -0.39 is 0 Å². The molecule has 3 nitrogen and oxygen atoms in total. The molecule has 0 atom stereocenters. The van der Waals surface area contributed by atoms with Crippen LogP contribution in [0.3, 0.4) is 0 Å². The summed E-state index contributed by atoms with van der Waals surface area (Å²) in [5.74, 6) is 0.812. The Labute approximate surface area is 101 Å². The lowest BCUT2D eigenvalue weighted by Crippen LogP contribution is -2.29. The van der Waals surface area contributed by atoms with Crippen LogP contribution in [-0.4, -0.2) is 31.3 Å². The number of hydrogen-bond acceptors (Lipinski definition) is 4. The third-order valence-electron chi connectivity index (χ3n) is 2.96. The number of hydrogen-bond donors (Lipinski definition) is 1.